The molecule has 0 aliphatic heterocycles. The highest BCUT2D eigenvalue weighted by atomic mass is 32.1. The van der Waals surface area contributed by atoms with E-state index in [9.17, 15) is 0 Å². The van der Waals surface area contributed by atoms with Crippen molar-refractivity contribution in [2.75, 3.05) is 7.11 Å². The molecule has 0 aliphatic rings. The minimum atomic E-state index is -0.0912. The third kappa shape index (κ3) is 2.29. The molecule has 0 unspecified atom stereocenters. The molecule has 0 saturated carbocycles. The van der Waals surface area contributed by atoms with Crippen LogP contribution >= 0.6 is 11.3 Å². The Morgan fingerprint density at radius 3 is 2.69 bits per heavy atom. The Morgan fingerprint density at radius 1 is 1.38 bits per heavy atom. The Morgan fingerprint density at radius 2 is 2.12 bits per heavy atom. The first-order valence-electron chi connectivity index (χ1n) is 5.07. The maximum absolute atomic E-state index is 5.55. The van der Waals surface area contributed by atoms with Crippen molar-refractivity contribution in [1.82, 2.24) is 4.98 Å². The Bertz CT molecular complexity index is 441. The van der Waals surface area contributed by atoms with Crippen LogP contribution in [0.3, 0.4) is 0 Å². The fraction of sp³-hybridized carbons (Fsp3) is 0.250. The molecule has 84 valence electrons. The summed E-state index contributed by atoms with van der Waals surface area (Å²) in [5, 5.41) is 2.93. The van der Waals surface area contributed by atoms with Crippen LogP contribution in [0.15, 0.2) is 35.7 Å². The van der Waals surface area contributed by atoms with Gasteiger partial charge in [0, 0.05) is 19.0 Å². The number of hydrogen-bond acceptors (Lipinski definition) is 4. The van der Waals surface area contributed by atoms with Gasteiger partial charge in [-0.25, -0.2) is 4.98 Å². The number of rotatable bonds is 4. The first-order chi connectivity index (χ1) is 7.85. The number of ether oxygens (including phenoxy) is 1. The summed E-state index contributed by atoms with van der Waals surface area (Å²) in [6.45, 7) is 0.474. The molecule has 0 aliphatic carbocycles. The van der Waals surface area contributed by atoms with Gasteiger partial charge in [-0.05, 0) is 5.56 Å². The Hall–Kier alpha value is -1.23. The van der Waals surface area contributed by atoms with Crippen LogP contribution in [-0.2, 0) is 11.3 Å². The molecule has 0 saturated heterocycles. The molecule has 2 aromatic rings. The van der Waals surface area contributed by atoms with E-state index in [1.807, 2.05) is 35.7 Å². The maximum Gasteiger partial charge on any atom is 0.134 e. The van der Waals surface area contributed by atoms with Crippen LogP contribution in [0.1, 0.15) is 22.4 Å². The molecule has 2 N–H and O–H groups in total. The van der Waals surface area contributed by atoms with E-state index in [1.54, 1.807) is 18.4 Å². The van der Waals surface area contributed by atoms with Crippen molar-refractivity contribution in [3.63, 3.8) is 0 Å². The van der Waals surface area contributed by atoms with E-state index in [-0.39, 0.29) is 6.10 Å². The van der Waals surface area contributed by atoms with Gasteiger partial charge in [-0.1, -0.05) is 30.3 Å². The number of aromatic nitrogens is 1. The van der Waals surface area contributed by atoms with Gasteiger partial charge in [0.2, 0.25) is 0 Å². The summed E-state index contributed by atoms with van der Waals surface area (Å²) in [5.74, 6) is 0. The summed E-state index contributed by atoms with van der Waals surface area (Å²) in [4.78, 5) is 4.44. The maximum atomic E-state index is 5.55. The number of hydrogen-bond donors (Lipinski definition) is 1. The summed E-state index contributed by atoms with van der Waals surface area (Å²) in [7, 11) is 1.70. The van der Waals surface area contributed by atoms with Crippen molar-refractivity contribution in [2.24, 2.45) is 5.73 Å². The molecular formula is C12H14N2OS. The number of benzene rings is 1. The van der Waals surface area contributed by atoms with Gasteiger partial charge in [0.1, 0.15) is 11.1 Å². The zero-order chi connectivity index (χ0) is 11.4. The van der Waals surface area contributed by atoms with E-state index in [4.69, 9.17) is 10.5 Å². The summed E-state index contributed by atoms with van der Waals surface area (Å²) >= 11 is 1.59. The highest BCUT2D eigenvalue weighted by molar-refractivity contribution is 7.09. The lowest BCUT2D eigenvalue weighted by molar-refractivity contribution is 0.136. The van der Waals surface area contributed by atoms with Gasteiger partial charge >= 0.3 is 0 Å². The van der Waals surface area contributed by atoms with Crippen LogP contribution in [0.4, 0.5) is 0 Å². The first kappa shape index (κ1) is 11.3. The average molecular weight is 234 g/mol. The second-order valence-corrected chi connectivity index (χ2v) is 4.30. The average Bonchev–Trinajstić information content (AvgIpc) is 2.80. The number of methoxy groups -OCH3 is 1. The Kier molecular flexibility index (Phi) is 3.66. The summed E-state index contributed by atoms with van der Waals surface area (Å²) in [5.41, 5.74) is 7.58. The van der Waals surface area contributed by atoms with Crippen molar-refractivity contribution in [3.8, 4) is 0 Å². The quantitative estimate of drug-likeness (QED) is 0.883. The lowest BCUT2D eigenvalue weighted by Crippen LogP contribution is -2.04. The van der Waals surface area contributed by atoms with Crippen molar-refractivity contribution < 1.29 is 4.74 Å². The van der Waals surface area contributed by atoms with Gasteiger partial charge in [0.25, 0.3) is 0 Å². The molecule has 0 spiro atoms. The Labute approximate surface area is 98.9 Å². The lowest BCUT2D eigenvalue weighted by Gasteiger charge is -2.12. The second kappa shape index (κ2) is 5.21. The number of thiazole rings is 1. The molecule has 16 heavy (non-hydrogen) atoms. The van der Waals surface area contributed by atoms with Crippen LogP contribution in [0.2, 0.25) is 0 Å². The zero-order valence-corrected chi connectivity index (χ0v) is 9.91. The smallest absolute Gasteiger partial charge is 0.134 e. The number of nitrogens with zero attached hydrogens (tertiary/aromatic N) is 1. The highest BCUT2D eigenvalue weighted by Gasteiger charge is 2.16. The molecule has 0 amide bonds. The predicted octanol–water partition coefficient (Wildman–Crippen LogP) is 2.34. The first-order valence-corrected chi connectivity index (χ1v) is 5.95. The van der Waals surface area contributed by atoms with Gasteiger partial charge in [0.05, 0.1) is 5.69 Å². The molecule has 0 radical (unpaired) electrons. The van der Waals surface area contributed by atoms with Crippen molar-refractivity contribution >= 4 is 11.3 Å². The van der Waals surface area contributed by atoms with Gasteiger partial charge < -0.3 is 10.5 Å². The summed E-state index contributed by atoms with van der Waals surface area (Å²) in [6.07, 6.45) is -0.0912. The normalized spacial score (nSPS) is 12.6. The molecule has 1 aromatic carbocycles. The molecule has 1 atom stereocenters. The minimum absolute atomic E-state index is 0.0912. The minimum Gasteiger partial charge on any atom is -0.370 e. The van der Waals surface area contributed by atoms with Crippen molar-refractivity contribution in [3.05, 3.63) is 52.0 Å². The molecule has 1 aromatic heterocycles. The van der Waals surface area contributed by atoms with E-state index >= 15 is 0 Å². The lowest BCUT2D eigenvalue weighted by atomic mass is 10.1. The number of nitrogens with two attached hydrogens (primary N) is 1. The molecule has 0 fully saturated rings. The van der Waals surface area contributed by atoms with E-state index < -0.39 is 0 Å². The molecule has 3 nitrogen and oxygen atoms in total. The molecule has 1 heterocycles. The van der Waals surface area contributed by atoms with E-state index in [1.165, 1.54) is 0 Å². The SMILES string of the molecule is CO[C@@H](c1ccccc1)c1nc(CN)cs1. The Balaban J connectivity index is 2.29. The van der Waals surface area contributed by atoms with E-state index in [0.29, 0.717) is 6.54 Å². The standard InChI is InChI=1S/C12H14N2OS/c1-15-11(9-5-3-2-4-6-9)12-14-10(7-13)8-16-12/h2-6,8,11H,7,13H2,1H3/t11-/m0/s1. The molecule has 4 heteroatoms. The van der Waals surface area contributed by atoms with Crippen LogP contribution in [0, 0.1) is 0 Å². The van der Waals surface area contributed by atoms with E-state index in [2.05, 4.69) is 4.98 Å². The van der Waals surface area contributed by atoms with Gasteiger partial charge in [-0.15, -0.1) is 11.3 Å². The largest absolute Gasteiger partial charge is 0.370 e. The summed E-state index contributed by atoms with van der Waals surface area (Å²) < 4.78 is 5.49. The van der Waals surface area contributed by atoms with Crippen LogP contribution in [-0.4, -0.2) is 12.1 Å². The van der Waals surface area contributed by atoms with Crippen LogP contribution in [0.25, 0.3) is 0 Å². The molecule has 0 bridgehead atoms. The van der Waals surface area contributed by atoms with Crippen molar-refractivity contribution in [2.45, 2.75) is 12.6 Å². The molecule has 2 rings (SSSR count). The van der Waals surface area contributed by atoms with Crippen molar-refractivity contribution in [1.29, 1.82) is 0 Å². The highest BCUT2D eigenvalue weighted by Crippen LogP contribution is 2.27. The third-order valence-electron chi connectivity index (χ3n) is 2.34. The fourth-order valence-electron chi connectivity index (χ4n) is 1.54. The topological polar surface area (TPSA) is 48.1 Å². The van der Waals surface area contributed by atoms with Gasteiger partial charge in [-0.3, -0.25) is 0 Å². The van der Waals surface area contributed by atoms with Gasteiger partial charge in [-0.2, -0.15) is 0 Å². The van der Waals surface area contributed by atoms with Gasteiger partial charge in [0.15, 0.2) is 0 Å². The zero-order valence-electron chi connectivity index (χ0n) is 9.09. The van der Waals surface area contributed by atoms with Crippen LogP contribution < -0.4 is 5.73 Å². The summed E-state index contributed by atoms with van der Waals surface area (Å²) in [6, 6.07) is 10.1. The van der Waals surface area contributed by atoms with Crippen LogP contribution in [0.5, 0.6) is 0 Å². The third-order valence-corrected chi connectivity index (χ3v) is 3.28. The molecular weight excluding hydrogens is 220 g/mol. The fourth-order valence-corrected chi connectivity index (χ4v) is 2.48. The predicted molar refractivity (Wildman–Crippen MR) is 65.3 cm³/mol. The van der Waals surface area contributed by atoms with E-state index in [0.717, 1.165) is 16.3 Å². The second-order valence-electron chi connectivity index (χ2n) is 3.41. The monoisotopic (exact) mass is 234 g/mol.